The number of carbonyl (C=O) groups excluding carboxylic acids is 2. The highest BCUT2D eigenvalue weighted by Gasteiger charge is 2.38. The fourth-order valence-electron chi connectivity index (χ4n) is 4.24. The molecular weight excluding hydrogens is 393 g/mol. The van der Waals surface area contributed by atoms with Crippen LogP contribution in [0, 0.1) is 5.82 Å². The van der Waals surface area contributed by atoms with Crippen molar-refractivity contribution < 1.29 is 14.0 Å². The maximum atomic E-state index is 13.2. The fraction of sp³-hybridized carbons (Fsp3) is 0.120. The van der Waals surface area contributed by atoms with E-state index in [1.54, 1.807) is 4.90 Å². The van der Waals surface area contributed by atoms with Gasteiger partial charge in [0, 0.05) is 46.9 Å². The number of hydrogen-bond acceptors (Lipinski definition) is 2. The van der Waals surface area contributed by atoms with E-state index in [0.29, 0.717) is 11.3 Å². The second-order valence-electron chi connectivity index (χ2n) is 7.58. The zero-order valence-electron chi connectivity index (χ0n) is 16.6. The number of anilines is 1. The summed E-state index contributed by atoms with van der Waals surface area (Å²) in [7, 11) is 0. The number of nitrogens with zero attached hydrogens (tertiary/aromatic N) is 1. The Morgan fingerprint density at radius 3 is 2.55 bits per heavy atom. The second-order valence-corrected chi connectivity index (χ2v) is 7.58. The molecule has 0 saturated carbocycles. The highest BCUT2D eigenvalue weighted by Crippen LogP contribution is 2.41. The molecule has 0 bridgehead atoms. The van der Waals surface area contributed by atoms with Crippen LogP contribution in [0.1, 0.15) is 33.9 Å². The van der Waals surface area contributed by atoms with E-state index in [2.05, 4.69) is 10.3 Å². The van der Waals surface area contributed by atoms with Crippen molar-refractivity contribution in [2.45, 2.75) is 12.5 Å². The molecule has 1 unspecified atom stereocenters. The van der Waals surface area contributed by atoms with Gasteiger partial charge in [0.1, 0.15) is 5.82 Å². The molecule has 31 heavy (non-hydrogen) atoms. The zero-order chi connectivity index (χ0) is 21.4. The number of H-pyrrole nitrogens is 1. The van der Waals surface area contributed by atoms with E-state index in [9.17, 15) is 14.0 Å². The Kier molecular flexibility index (Phi) is 4.75. The van der Waals surface area contributed by atoms with Crippen molar-refractivity contribution in [2.24, 2.45) is 0 Å². The van der Waals surface area contributed by atoms with Crippen molar-refractivity contribution in [1.29, 1.82) is 0 Å². The molecule has 1 atom stereocenters. The summed E-state index contributed by atoms with van der Waals surface area (Å²) in [6.07, 6.45) is 2.08. The van der Waals surface area contributed by atoms with Crippen LogP contribution in [0.4, 0.5) is 10.1 Å². The third-order valence-electron chi connectivity index (χ3n) is 5.68. The molecule has 2 heterocycles. The Labute approximate surface area is 178 Å². The number of carbonyl (C=O) groups is 2. The minimum Gasteiger partial charge on any atom is -0.361 e. The molecule has 0 fully saturated rings. The second kappa shape index (κ2) is 7.72. The number of aromatic nitrogens is 1. The first-order valence-corrected chi connectivity index (χ1v) is 10.1. The third kappa shape index (κ3) is 3.46. The summed E-state index contributed by atoms with van der Waals surface area (Å²) in [4.78, 5) is 30.7. The number of benzene rings is 3. The number of rotatable bonds is 5. The predicted octanol–water partition coefficient (Wildman–Crippen LogP) is 4.88. The summed E-state index contributed by atoms with van der Waals surface area (Å²) in [5.74, 6) is -0.673. The van der Waals surface area contributed by atoms with Crippen LogP contribution in [0.15, 0.2) is 79.0 Å². The summed E-state index contributed by atoms with van der Waals surface area (Å²) >= 11 is 0. The van der Waals surface area contributed by atoms with Gasteiger partial charge in [-0.1, -0.05) is 36.4 Å². The van der Waals surface area contributed by atoms with Gasteiger partial charge in [0.15, 0.2) is 0 Å². The summed E-state index contributed by atoms with van der Waals surface area (Å²) in [5.41, 5.74) is 4.14. The molecule has 154 valence electrons. The number of hydrogen-bond donors (Lipinski definition) is 2. The average molecular weight is 413 g/mol. The van der Waals surface area contributed by atoms with E-state index >= 15 is 0 Å². The molecule has 1 aliphatic rings. The minimum absolute atomic E-state index is 0.0829. The smallest absolute Gasteiger partial charge is 0.255 e. The maximum Gasteiger partial charge on any atom is 0.255 e. The van der Waals surface area contributed by atoms with E-state index in [1.165, 1.54) is 24.3 Å². The monoisotopic (exact) mass is 413 g/mol. The van der Waals surface area contributed by atoms with Gasteiger partial charge in [0.05, 0.1) is 6.04 Å². The van der Waals surface area contributed by atoms with Crippen LogP contribution < -0.4 is 5.32 Å². The average Bonchev–Trinajstić information content (AvgIpc) is 3.33. The normalized spacial score (nSPS) is 15.3. The van der Waals surface area contributed by atoms with E-state index in [1.807, 2.05) is 54.7 Å². The molecule has 2 N–H and O–H groups in total. The van der Waals surface area contributed by atoms with Crippen LogP contribution in [0.3, 0.4) is 0 Å². The van der Waals surface area contributed by atoms with Crippen LogP contribution >= 0.6 is 0 Å². The van der Waals surface area contributed by atoms with Crippen LogP contribution in [0.5, 0.6) is 0 Å². The van der Waals surface area contributed by atoms with Crippen LogP contribution in [-0.4, -0.2) is 28.2 Å². The van der Waals surface area contributed by atoms with Crippen molar-refractivity contribution >= 4 is 28.4 Å². The number of fused-ring (bicyclic) bond motifs is 2. The lowest BCUT2D eigenvalue weighted by atomic mass is 9.97. The van der Waals surface area contributed by atoms with Gasteiger partial charge in [0.25, 0.3) is 5.91 Å². The highest BCUT2D eigenvalue weighted by atomic mass is 19.1. The Balaban J connectivity index is 1.42. The Morgan fingerprint density at radius 2 is 1.71 bits per heavy atom. The van der Waals surface area contributed by atoms with Gasteiger partial charge >= 0.3 is 0 Å². The van der Waals surface area contributed by atoms with Crippen molar-refractivity contribution in [3.63, 3.8) is 0 Å². The Bertz CT molecular complexity index is 1280. The largest absolute Gasteiger partial charge is 0.361 e. The summed E-state index contributed by atoms with van der Waals surface area (Å²) in [6.45, 7) is 0.269. The first-order chi connectivity index (χ1) is 15.1. The van der Waals surface area contributed by atoms with E-state index in [0.717, 1.165) is 22.0 Å². The third-order valence-corrected chi connectivity index (χ3v) is 5.68. The molecule has 1 aromatic heterocycles. The molecule has 1 aliphatic heterocycles. The van der Waals surface area contributed by atoms with Crippen LogP contribution in [0.2, 0.25) is 0 Å². The molecule has 0 spiro atoms. The highest BCUT2D eigenvalue weighted by molar-refractivity contribution is 6.01. The number of aromatic amines is 1. The summed E-state index contributed by atoms with van der Waals surface area (Å²) in [5, 5.41) is 3.81. The topological polar surface area (TPSA) is 65.2 Å². The van der Waals surface area contributed by atoms with Gasteiger partial charge in [-0.05, 0) is 42.0 Å². The predicted molar refractivity (Wildman–Crippen MR) is 117 cm³/mol. The van der Waals surface area contributed by atoms with Gasteiger partial charge in [-0.25, -0.2) is 4.39 Å². The maximum absolute atomic E-state index is 13.2. The standard InChI is InChI=1S/C25H20FN3O2/c26-16-9-11-17(12-10-16)28-23(30)13-14-29-24(19-6-1-2-7-20(19)25(29)31)21-15-27-22-8-4-3-5-18(21)22/h1-12,15,24,27H,13-14H2,(H,28,30). The van der Waals surface area contributed by atoms with Crippen molar-refractivity contribution in [2.75, 3.05) is 11.9 Å². The number of para-hydroxylation sites is 1. The van der Waals surface area contributed by atoms with E-state index in [-0.39, 0.29) is 36.6 Å². The van der Waals surface area contributed by atoms with Crippen LogP contribution in [-0.2, 0) is 4.79 Å². The van der Waals surface area contributed by atoms with Crippen LogP contribution in [0.25, 0.3) is 10.9 Å². The number of halogens is 1. The quantitative estimate of drug-likeness (QED) is 0.490. The van der Waals surface area contributed by atoms with Gasteiger partial charge in [0.2, 0.25) is 5.91 Å². The lowest BCUT2D eigenvalue weighted by Gasteiger charge is -2.25. The summed E-state index contributed by atoms with van der Waals surface area (Å²) < 4.78 is 13.1. The molecule has 3 aromatic carbocycles. The lowest BCUT2D eigenvalue weighted by molar-refractivity contribution is -0.116. The molecule has 2 amide bonds. The SMILES string of the molecule is O=C(CCN1C(=O)c2ccccc2C1c1c[nH]c2ccccc12)Nc1ccc(F)cc1. The first-order valence-electron chi connectivity index (χ1n) is 10.1. The minimum atomic E-state index is -0.361. The molecule has 0 aliphatic carbocycles. The van der Waals surface area contributed by atoms with Gasteiger partial charge in [-0.15, -0.1) is 0 Å². The van der Waals surface area contributed by atoms with E-state index < -0.39 is 0 Å². The van der Waals surface area contributed by atoms with Crippen molar-refractivity contribution in [1.82, 2.24) is 9.88 Å². The molecule has 5 nitrogen and oxygen atoms in total. The van der Waals surface area contributed by atoms with Gasteiger partial charge in [-0.2, -0.15) is 0 Å². The Morgan fingerprint density at radius 1 is 0.968 bits per heavy atom. The summed E-state index contributed by atoms with van der Waals surface area (Å²) in [6, 6.07) is 20.9. The molecule has 6 heteroatoms. The number of nitrogens with one attached hydrogen (secondary N) is 2. The van der Waals surface area contributed by atoms with Crippen molar-refractivity contribution in [3.8, 4) is 0 Å². The first kappa shape index (κ1) is 19.1. The molecule has 5 rings (SSSR count). The zero-order valence-corrected chi connectivity index (χ0v) is 16.6. The lowest BCUT2D eigenvalue weighted by Crippen LogP contribution is -2.32. The molecule has 0 radical (unpaired) electrons. The van der Waals surface area contributed by atoms with Crippen molar-refractivity contribution in [3.05, 3.63) is 102 Å². The fourth-order valence-corrected chi connectivity index (χ4v) is 4.24. The molecule has 0 saturated heterocycles. The number of amides is 2. The van der Waals surface area contributed by atoms with Gasteiger partial charge in [-0.3, -0.25) is 9.59 Å². The Hall–Kier alpha value is -3.93. The van der Waals surface area contributed by atoms with E-state index in [4.69, 9.17) is 0 Å². The molecule has 4 aromatic rings. The molecular formula is C25H20FN3O2. The van der Waals surface area contributed by atoms with Gasteiger partial charge < -0.3 is 15.2 Å².